The van der Waals surface area contributed by atoms with Crippen molar-refractivity contribution in [1.82, 2.24) is 4.98 Å². The van der Waals surface area contributed by atoms with Gasteiger partial charge in [0, 0.05) is 11.8 Å². The van der Waals surface area contributed by atoms with Gasteiger partial charge >= 0.3 is 12.3 Å². The number of hydrogen-bond donors (Lipinski definition) is 1. The lowest BCUT2D eigenvalue weighted by atomic mass is 10.1. The maximum Gasteiger partial charge on any atom is 0.573 e. The lowest BCUT2D eigenvalue weighted by Gasteiger charge is -2.14. The van der Waals surface area contributed by atoms with Crippen LogP contribution in [0.3, 0.4) is 0 Å². The van der Waals surface area contributed by atoms with Crippen molar-refractivity contribution in [3.05, 3.63) is 27.7 Å². The van der Waals surface area contributed by atoms with Gasteiger partial charge in [-0.25, -0.2) is 4.39 Å². The van der Waals surface area contributed by atoms with Crippen molar-refractivity contribution < 1.29 is 31.8 Å². The number of halogens is 4. The summed E-state index contributed by atoms with van der Waals surface area (Å²) in [5.41, 5.74) is -2.14. The number of carbonyl (C=O) groups is 1. The summed E-state index contributed by atoms with van der Waals surface area (Å²) in [6.45, 7) is -1.30. The second-order valence-corrected chi connectivity index (χ2v) is 3.39. The molecule has 0 aliphatic rings. The van der Waals surface area contributed by atoms with Crippen molar-refractivity contribution in [2.75, 3.05) is 7.11 Å². The Morgan fingerprint density at radius 3 is 2.53 bits per heavy atom. The van der Waals surface area contributed by atoms with Crippen molar-refractivity contribution in [3.8, 4) is 5.75 Å². The molecule has 0 aromatic carbocycles. The van der Waals surface area contributed by atoms with Gasteiger partial charge in [-0.1, -0.05) is 0 Å². The van der Waals surface area contributed by atoms with Crippen LogP contribution >= 0.6 is 0 Å². The van der Waals surface area contributed by atoms with Gasteiger partial charge in [0.2, 0.25) is 0 Å². The van der Waals surface area contributed by atoms with Gasteiger partial charge in [0.1, 0.15) is 12.4 Å². The van der Waals surface area contributed by atoms with Crippen molar-refractivity contribution in [1.29, 1.82) is 0 Å². The van der Waals surface area contributed by atoms with Crippen LogP contribution in [0.5, 0.6) is 5.75 Å². The van der Waals surface area contributed by atoms with E-state index < -0.39 is 47.9 Å². The molecule has 1 rings (SSSR count). The highest BCUT2D eigenvalue weighted by Gasteiger charge is 2.34. The molecule has 106 valence electrons. The van der Waals surface area contributed by atoms with E-state index in [0.717, 1.165) is 13.3 Å². The molecule has 0 amide bonds. The predicted octanol–water partition coefficient (Wildman–Crippen LogP) is 1.46. The van der Waals surface area contributed by atoms with Crippen LogP contribution in [0.4, 0.5) is 17.6 Å². The SMILES string of the molecule is COC(=O)Cc1c(OC(F)(F)F)c(CF)c[nH]c1=O. The Morgan fingerprint density at radius 2 is 2.05 bits per heavy atom. The molecule has 0 fully saturated rings. The zero-order valence-electron chi connectivity index (χ0n) is 9.64. The van der Waals surface area contributed by atoms with E-state index in [1.165, 1.54) is 0 Å². The number of rotatable bonds is 4. The first-order chi connectivity index (χ1) is 8.78. The van der Waals surface area contributed by atoms with Crippen LogP contribution in [0.15, 0.2) is 11.0 Å². The predicted molar refractivity (Wildman–Crippen MR) is 54.3 cm³/mol. The fourth-order valence-corrected chi connectivity index (χ4v) is 1.32. The molecule has 1 aromatic rings. The molecule has 0 unspecified atom stereocenters. The van der Waals surface area contributed by atoms with Gasteiger partial charge < -0.3 is 14.5 Å². The van der Waals surface area contributed by atoms with E-state index in [-0.39, 0.29) is 0 Å². The van der Waals surface area contributed by atoms with Gasteiger partial charge in [0.15, 0.2) is 0 Å². The molecule has 5 nitrogen and oxygen atoms in total. The Kier molecular flexibility index (Phi) is 4.52. The molecule has 1 aromatic heterocycles. The summed E-state index contributed by atoms with van der Waals surface area (Å²) in [5.74, 6) is -1.96. The molecule has 0 saturated carbocycles. The van der Waals surface area contributed by atoms with Crippen LogP contribution in [0.1, 0.15) is 11.1 Å². The van der Waals surface area contributed by atoms with Crippen LogP contribution in [0, 0.1) is 0 Å². The first-order valence-corrected chi connectivity index (χ1v) is 4.90. The smallest absolute Gasteiger partial charge is 0.469 e. The number of alkyl halides is 4. The van der Waals surface area contributed by atoms with Crippen LogP contribution in [-0.2, 0) is 22.6 Å². The lowest BCUT2D eigenvalue weighted by Crippen LogP contribution is -2.25. The van der Waals surface area contributed by atoms with Crippen molar-refractivity contribution >= 4 is 5.97 Å². The molecule has 1 heterocycles. The first-order valence-electron chi connectivity index (χ1n) is 4.90. The summed E-state index contributed by atoms with van der Waals surface area (Å²) in [4.78, 5) is 24.5. The highest BCUT2D eigenvalue weighted by atomic mass is 19.4. The fourth-order valence-electron chi connectivity index (χ4n) is 1.32. The quantitative estimate of drug-likeness (QED) is 0.671. The van der Waals surface area contributed by atoms with Gasteiger partial charge in [0.05, 0.1) is 19.1 Å². The summed E-state index contributed by atoms with van der Waals surface area (Å²) in [5, 5.41) is 0. The molecule has 0 bridgehead atoms. The minimum atomic E-state index is -5.11. The number of H-pyrrole nitrogens is 1. The molecule has 19 heavy (non-hydrogen) atoms. The molecule has 0 radical (unpaired) electrons. The van der Waals surface area contributed by atoms with Crippen LogP contribution in [0.2, 0.25) is 0 Å². The van der Waals surface area contributed by atoms with Crippen LogP contribution in [-0.4, -0.2) is 24.4 Å². The number of ether oxygens (including phenoxy) is 2. The fraction of sp³-hybridized carbons (Fsp3) is 0.400. The summed E-state index contributed by atoms with van der Waals surface area (Å²) < 4.78 is 57.1. The molecular formula is C10H9F4NO4. The maximum atomic E-state index is 12.6. The molecular weight excluding hydrogens is 274 g/mol. The average Bonchev–Trinajstić information content (AvgIpc) is 2.32. The highest BCUT2D eigenvalue weighted by molar-refractivity contribution is 5.73. The number of aromatic nitrogens is 1. The third kappa shape index (κ3) is 3.97. The van der Waals surface area contributed by atoms with Crippen molar-refractivity contribution in [2.45, 2.75) is 19.5 Å². The van der Waals surface area contributed by atoms with E-state index in [1.807, 2.05) is 4.98 Å². The zero-order valence-corrected chi connectivity index (χ0v) is 9.64. The number of pyridine rings is 1. The van der Waals surface area contributed by atoms with E-state index >= 15 is 0 Å². The molecule has 1 N–H and O–H groups in total. The third-order valence-corrected chi connectivity index (χ3v) is 2.13. The Hall–Kier alpha value is -2.06. The van der Waals surface area contributed by atoms with E-state index in [2.05, 4.69) is 9.47 Å². The average molecular weight is 283 g/mol. The number of esters is 1. The summed E-state index contributed by atoms with van der Waals surface area (Å²) in [6, 6.07) is 0. The lowest BCUT2D eigenvalue weighted by molar-refractivity contribution is -0.275. The molecule has 0 spiro atoms. The van der Waals surface area contributed by atoms with E-state index in [4.69, 9.17) is 0 Å². The van der Waals surface area contributed by atoms with Gasteiger partial charge in [0.25, 0.3) is 5.56 Å². The van der Waals surface area contributed by atoms with Crippen molar-refractivity contribution in [2.24, 2.45) is 0 Å². The second kappa shape index (κ2) is 5.72. The summed E-state index contributed by atoms with van der Waals surface area (Å²) in [7, 11) is 1.000. The Balaban J connectivity index is 3.32. The standard InChI is InChI=1S/C10H9F4NO4/c1-18-7(16)2-6-8(19-10(12,13)14)5(3-11)4-15-9(6)17/h4H,2-3H2,1H3,(H,15,17). The number of carbonyl (C=O) groups excluding carboxylic acids is 1. The maximum absolute atomic E-state index is 12.6. The second-order valence-electron chi connectivity index (χ2n) is 3.39. The summed E-state index contributed by atoms with van der Waals surface area (Å²) in [6.07, 6.45) is -5.11. The van der Waals surface area contributed by atoms with Crippen LogP contribution < -0.4 is 10.3 Å². The molecule has 0 saturated heterocycles. The number of aromatic amines is 1. The number of hydrogen-bond acceptors (Lipinski definition) is 4. The molecule has 9 heteroatoms. The van der Waals surface area contributed by atoms with E-state index in [1.54, 1.807) is 0 Å². The van der Waals surface area contributed by atoms with Crippen molar-refractivity contribution in [3.63, 3.8) is 0 Å². The third-order valence-electron chi connectivity index (χ3n) is 2.13. The van der Waals surface area contributed by atoms with Gasteiger partial charge in [-0.3, -0.25) is 9.59 Å². The first kappa shape index (κ1) is 15.0. The minimum Gasteiger partial charge on any atom is -0.469 e. The topological polar surface area (TPSA) is 68.4 Å². The van der Waals surface area contributed by atoms with E-state index in [0.29, 0.717) is 0 Å². The van der Waals surface area contributed by atoms with Gasteiger partial charge in [-0.15, -0.1) is 13.2 Å². The number of nitrogens with one attached hydrogen (secondary N) is 1. The minimum absolute atomic E-state index is 0.518. The van der Waals surface area contributed by atoms with Gasteiger partial charge in [-0.05, 0) is 0 Å². The normalized spacial score (nSPS) is 11.2. The van der Waals surface area contributed by atoms with Gasteiger partial charge in [-0.2, -0.15) is 0 Å². The van der Waals surface area contributed by atoms with E-state index in [9.17, 15) is 27.2 Å². The zero-order chi connectivity index (χ0) is 14.6. The molecule has 0 aliphatic carbocycles. The monoisotopic (exact) mass is 283 g/mol. The molecule has 0 aliphatic heterocycles. The Bertz CT molecular complexity index is 523. The summed E-state index contributed by atoms with van der Waals surface area (Å²) >= 11 is 0. The Morgan fingerprint density at radius 1 is 1.42 bits per heavy atom. The number of methoxy groups -OCH3 is 1. The largest absolute Gasteiger partial charge is 0.573 e. The highest BCUT2D eigenvalue weighted by Crippen LogP contribution is 2.29. The Labute approximate surface area is 104 Å². The van der Waals surface area contributed by atoms with Crippen LogP contribution in [0.25, 0.3) is 0 Å². The molecule has 0 atom stereocenters.